The van der Waals surface area contributed by atoms with Crippen LogP contribution >= 0.6 is 0 Å². The molecule has 1 aromatic heterocycles. The van der Waals surface area contributed by atoms with Crippen molar-refractivity contribution in [1.82, 2.24) is 9.78 Å². The smallest absolute Gasteiger partial charge is 0.248 e. The number of carbonyl (C=O) groups is 1. The summed E-state index contributed by atoms with van der Waals surface area (Å²) in [5.41, 5.74) is 1.57. The molecule has 1 aromatic carbocycles. The van der Waals surface area contributed by atoms with E-state index in [-0.39, 0.29) is 5.91 Å². The summed E-state index contributed by atoms with van der Waals surface area (Å²) in [6.45, 7) is 3.42. The van der Waals surface area contributed by atoms with E-state index < -0.39 is 0 Å². The molecule has 132 valence electrons. The Morgan fingerprint density at radius 1 is 1.40 bits per heavy atom. The van der Waals surface area contributed by atoms with E-state index in [1.807, 2.05) is 36.0 Å². The lowest BCUT2D eigenvalue weighted by Crippen LogP contribution is -2.07. The Kier molecular flexibility index (Phi) is 5.38. The van der Waals surface area contributed by atoms with Gasteiger partial charge in [0.1, 0.15) is 0 Å². The molecule has 1 saturated carbocycles. The van der Waals surface area contributed by atoms with Crippen LogP contribution in [0, 0.1) is 5.92 Å². The molecule has 6 nitrogen and oxygen atoms in total. The number of rotatable bonds is 8. The van der Waals surface area contributed by atoms with E-state index in [0.29, 0.717) is 23.8 Å². The number of carbonyl (C=O) groups excluding carboxylic acids is 1. The number of nitrogens with one attached hydrogen (secondary N) is 1. The average molecular weight is 341 g/mol. The fourth-order valence-electron chi connectivity index (χ4n) is 2.51. The number of aromatic nitrogens is 2. The molecule has 0 saturated heterocycles. The van der Waals surface area contributed by atoms with Gasteiger partial charge in [-0.15, -0.1) is 0 Å². The SMILES string of the molecule is CCOc1ccc(/C=C/C(=O)Nc2cnn(CC3CC3)c2)cc1OC. The van der Waals surface area contributed by atoms with Crippen molar-refractivity contribution in [3.05, 3.63) is 42.2 Å². The monoisotopic (exact) mass is 341 g/mol. The predicted molar refractivity (Wildman–Crippen MR) is 96.8 cm³/mol. The fraction of sp³-hybridized carbons (Fsp3) is 0.368. The molecule has 0 radical (unpaired) electrons. The van der Waals surface area contributed by atoms with E-state index in [4.69, 9.17) is 9.47 Å². The Bertz CT molecular complexity index is 763. The first-order chi connectivity index (χ1) is 12.2. The Labute approximate surface area is 147 Å². The minimum Gasteiger partial charge on any atom is -0.493 e. The zero-order valence-corrected chi connectivity index (χ0v) is 14.6. The van der Waals surface area contributed by atoms with Gasteiger partial charge in [0, 0.05) is 18.8 Å². The van der Waals surface area contributed by atoms with Crippen molar-refractivity contribution < 1.29 is 14.3 Å². The number of anilines is 1. The zero-order chi connectivity index (χ0) is 17.6. The van der Waals surface area contributed by atoms with Gasteiger partial charge < -0.3 is 14.8 Å². The van der Waals surface area contributed by atoms with Crippen molar-refractivity contribution in [1.29, 1.82) is 0 Å². The molecule has 1 amide bonds. The first-order valence-electron chi connectivity index (χ1n) is 8.50. The fourth-order valence-corrected chi connectivity index (χ4v) is 2.51. The lowest BCUT2D eigenvalue weighted by molar-refractivity contribution is -0.111. The second kappa shape index (κ2) is 7.88. The maximum absolute atomic E-state index is 12.1. The summed E-state index contributed by atoms with van der Waals surface area (Å²) in [5.74, 6) is 1.89. The number of ether oxygens (including phenoxy) is 2. The molecule has 25 heavy (non-hydrogen) atoms. The van der Waals surface area contributed by atoms with Crippen LogP contribution in [-0.4, -0.2) is 29.4 Å². The van der Waals surface area contributed by atoms with E-state index in [1.54, 1.807) is 19.4 Å². The number of methoxy groups -OCH3 is 1. The first-order valence-corrected chi connectivity index (χ1v) is 8.50. The molecular weight excluding hydrogens is 318 g/mol. The molecule has 1 heterocycles. The normalized spacial score (nSPS) is 13.8. The minimum atomic E-state index is -0.196. The Hall–Kier alpha value is -2.76. The van der Waals surface area contributed by atoms with Gasteiger partial charge in [0.25, 0.3) is 0 Å². The van der Waals surface area contributed by atoms with Crippen molar-refractivity contribution in [2.24, 2.45) is 5.92 Å². The van der Waals surface area contributed by atoms with Crippen LogP contribution in [0.1, 0.15) is 25.3 Å². The van der Waals surface area contributed by atoms with E-state index in [1.165, 1.54) is 18.9 Å². The van der Waals surface area contributed by atoms with Crippen LogP contribution < -0.4 is 14.8 Å². The summed E-state index contributed by atoms with van der Waals surface area (Å²) in [5, 5.41) is 7.09. The van der Waals surface area contributed by atoms with Crippen LogP contribution in [0.15, 0.2) is 36.7 Å². The quantitative estimate of drug-likeness (QED) is 0.748. The minimum absolute atomic E-state index is 0.196. The summed E-state index contributed by atoms with van der Waals surface area (Å²) in [7, 11) is 1.59. The van der Waals surface area contributed by atoms with Crippen LogP contribution in [0.5, 0.6) is 11.5 Å². The maximum Gasteiger partial charge on any atom is 0.248 e. The van der Waals surface area contributed by atoms with Crippen LogP contribution in [0.25, 0.3) is 6.08 Å². The third-order valence-corrected chi connectivity index (χ3v) is 3.96. The van der Waals surface area contributed by atoms with Crippen LogP contribution in [0.4, 0.5) is 5.69 Å². The van der Waals surface area contributed by atoms with Gasteiger partial charge in [0.15, 0.2) is 11.5 Å². The summed E-state index contributed by atoms with van der Waals surface area (Å²) < 4.78 is 12.7. The highest BCUT2D eigenvalue weighted by molar-refractivity contribution is 6.01. The molecule has 1 aliphatic carbocycles. The van der Waals surface area contributed by atoms with Gasteiger partial charge in [-0.1, -0.05) is 6.07 Å². The van der Waals surface area contributed by atoms with Crippen molar-refractivity contribution in [2.75, 3.05) is 19.0 Å². The highest BCUT2D eigenvalue weighted by Crippen LogP contribution is 2.30. The first kappa shape index (κ1) is 17.1. The van der Waals surface area contributed by atoms with Gasteiger partial charge in [-0.3, -0.25) is 9.48 Å². The molecule has 1 fully saturated rings. The van der Waals surface area contributed by atoms with E-state index >= 15 is 0 Å². The summed E-state index contributed by atoms with van der Waals surface area (Å²) >= 11 is 0. The highest BCUT2D eigenvalue weighted by atomic mass is 16.5. The van der Waals surface area contributed by atoms with Crippen molar-refractivity contribution in [3.8, 4) is 11.5 Å². The molecule has 0 aliphatic heterocycles. The summed E-state index contributed by atoms with van der Waals surface area (Å²) in [6, 6.07) is 5.55. The van der Waals surface area contributed by atoms with Gasteiger partial charge in [0.2, 0.25) is 5.91 Å². The zero-order valence-electron chi connectivity index (χ0n) is 14.6. The molecule has 6 heteroatoms. The molecule has 0 atom stereocenters. The van der Waals surface area contributed by atoms with Gasteiger partial charge in [0.05, 0.1) is 25.6 Å². The number of nitrogens with zero attached hydrogens (tertiary/aromatic N) is 2. The Morgan fingerprint density at radius 2 is 2.24 bits per heavy atom. The van der Waals surface area contributed by atoms with Crippen molar-refractivity contribution in [2.45, 2.75) is 26.3 Å². The van der Waals surface area contributed by atoms with Gasteiger partial charge in [-0.2, -0.15) is 5.10 Å². The van der Waals surface area contributed by atoms with Crippen LogP contribution in [-0.2, 0) is 11.3 Å². The molecular formula is C19H23N3O3. The van der Waals surface area contributed by atoms with Crippen molar-refractivity contribution in [3.63, 3.8) is 0 Å². The van der Waals surface area contributed by atoms with Gasteiger partial charge in [-0.05, 0) is 49.5 Å². The average Bonchev–Trinajstić information content (AvgIpc) is 3.32. The topological polar surface area (TPSA) is 65.4 Å². The predicted octanol–water partition coefficient (Wildman–Crippen LogP) is 3.35. The van der Waals surface area contributed by atoms with E-state index in [2.05, 4.69) is 10.4 Å². The largest absolute Gasteiger partial charge is 0.493 e. The molecule has 0 unspecified atom stereocenters. The number of amides is 1. The molecule has 3 rings (SSSR count). The van der Waals surface area contributed by atoms with Crippen LogP contribution in [0.3, 0.4) is 0 Å². The van der Waals surface area contributed by atoms with Crippen molar-refractivity contribution >= 4 is 17.7 Å². The Morgan fingerprint density at radius 3 is 2.96 bits per heavy atom. The number of benzene rings is 1. The second-order valence-corrected chi connectivity index (χ2v) is 6.06. The Balaban J connectivity index is 1.58. The third kappa shape index (κ3) is 4.86. The molecule has 0 bridgehead atoms. The third-order valence-electron chi connectivity index (χ3n) is 3.96. The van der Waals surface area contributed by atoms with Gasteiger partial charge >= 0.3 is 0 Å². The number of hydrogen-bond donors (Lipinski definition) is 1. The van der Waals surface area contributed by atoms with E-state index in [0.717, 1.165) is 18.0 Å². The summed E-state index contributed by atoms with van der Waals surface area (Å²) in [4.78, 5) is 12.1. The van der Waals surface area contributed by atoms with E-state index in [9.17, 15) is 4.79 Å². The second-order valence-electron chi connectivity index (χ2n) is 6.06. The van der Waals surface area contributed by atoms with Crippen LogP contribution in [0.2, 0.25) is 0 Å². The standard InChI is InChI=1S/C19H23N3O3/c1-3-25-17-8-6-14(10-18(17)24-2)7-9-19(23)21-16-11-20-22(13-16)12-15-4-5-15/h6-11,13,15H,3-5,12H2,1-2H3,(H,21,23)/b9-7+. The molecule has 1 N–H and O–H groups in total. The molecule has 2 aromatic rings. The van der Waals surface area contributed by atoms with Gasteiger partial charge in [-0.25, -0.2) is 0 Å². The highest BCUT2D eigenvalue weighted by Gasteiger charge is 2.21. The lowest BCUT2D eigenvalue weighted by atomic mass is 10.2. The number of hydrogen-bond acceptors (Lipinski definition) is 4. The maximum atomic E-state index is 12.1. The molecule has 0 spiro atoms. The summed E-state index contributed by atoms with van der Waals surface area (Å²) in [6.07, 6.45) is 9.32. The molecule has 1 aliphatic rings. The lowest BCUT2D eigenvalue weighted by Gasteiger charge is -2.09.